The number of nitrogens with two attached hydrogens (primary N) is 1. The van der Waals surface area contributed by atoms with Crippen molar-refractivity contribution < 1.29 is 9.90 Å². The van der Waals surface area contributed by atoms with Crippen LogP contribution in [0.15, 0.2) is 0 Å². The molecular formula is C12H25NO2Si. The first kappa shape index (κ1) is 13.7. The molecule has 3 nitrogen and oxygen atoms in total. The summed E-state index contributed by atoms with van der Waals surface area (Å²) in [6, 6.07) is 1.13. The van der Waals surface area contributed by atoms with Crippen molar-refractivity contribution in [3.8, 4) is 0 Å². The van der Waals surface area contributed by atoms with Crippen LogP contribution in [0.2, 0.25) is 25.7 Å². The highest BCUT2D eigenvalue weighted by Crippen LogP contribution is 2.36. The molecule has 1 aliphatic rings. The smallest absolute Gasteiger partial charge is 0.308 e. The topological polar surface area (TPSA) is 63.3 Å². The van der Waals surface area contributed by atoms with Crippen LogP contribution in [0.5, 0.6) is 0 Å². The van der Waals surface area contributed by atoms with Gasteiger partial charge in [-0.2, -0.15) is 0 Å². The number of carboxylic acids is 1. The Morgan fingerprint density at radius 2 is 2.06 bits per heavy atom. The number of aliphatic carboxylic acids is 1. The first-order chi connectivity index (χ1) is 7.25. The van der Waals surface area contributed by atoms with Crippen LogP contribution < -0.4 is 5.73 Å². The maximum absolute atomic E-state index is 11.2. The minimum absolute atomic E-state index is 0.322. The molecule has 0 amide bonds. The second kappa shape index (κ2) is 4.88. The molecule has 4 heteroatoms. The number of rotatable bonds is 4. The minimum Gasteiger partial charge on any atom is -0.481 e. The molecule has 1 fully saturated rings. The summed E-state index contributed by atoms with van der Waals surface area (Å²) in [5.41, 5.74) is 5.91. The highest BCUT2D eigenvalue weighted by atomic mass is 28.3. The second-order valence-corrected chi connectivity index (χ2v) is 12.1. The van der Waals surface area contributed by atoms with Gasteiger partial charge in [-0.3, -0.25) is 4.79 Å². The van der Waals surface area contributed by atoms with Crippen LogP contribution in [0.1, 0.15) is 32.1 Å². The molecule has 0 aliphatic heterocycles. The van der Waals surface area contributed by atoms with E-state index in [0.717, 1.165) is 38.1 Å². The van der Waals surface area contributed by atoms with E-state index >= 15 is 0 Å². The lowest BCUT2D eigenvalue weighted by Gasteiger charge is -2.40. The zero-order valence-corrected chi connectivity index (χ0v) is 11.8. The Balaban J connectivity index is 2.67. The molecule has 0 radical (unpaired) electrons. The average molecular weight is 243 g/mol. The van der Waals surface area contributed by atoms with E-state index in [1.165, 1.54) is 0 Å². The average Bonchev–Trinajstić information content (AvgIpc) is 2.14. The van der Waals surface area contributed by atoms with Crippen molar-refractivity contribution in [3.63, 3.8) is 0 Å². The van der Waals surface area contributed by atoms with Gasteiger partial charge < -0.3 is 10.8 Å². The Bertz CT molecular complexity index is 262. The first-order valence-electron chi connectivity index (χ1n) is 6.26. The molecule has 1 saturated carbocycles. The zero-order valence-electron chi connectivity index (χ0n) is 10.8. The number of hydrogen-bond donors (Lipinski definition) is 2. The van der Waals surface area contributed by atoms with Gasteiger partial charge >= 0.3 is 5.97 Å². The standard InChI is InChI=1S/C12H25NO2Si/c1-16(2,3)9-8-12(13)7-5-4-6-10(12)11(14)15/h10H,4-9,13H2,1-3H3,(H,14,15). The van der Waals surface area contributed by atoms with E-state index in [2.05, 4.69) is 19.6 Å². The quantitative estimate of drug-likeness (QED) is 0.746. The molecule has 1 rings (SSSR count). The molecule has 0 aromatic heterocycles. The molecule has 0 spiro atoms. The molecule has 16 heavy (non-hydrogen) atoms. The van der Waals surface area contributed by atoms with Gasteiger partial charge in [-0.25, -0.2) is 0 Å². The largest absolute Gasteiger partial charge is 0.481 e. The van der Waals surface area contributed by atoms with Gasteiger partial charge in [0.25, 0.3) is 0 Å². The third kappa shape index (κ3) is 3.59. The highest BCUT2D eigenvalue weighted by molar-refractivity contribution is 6.76. The summed E-state index contributed by atoms with van der Waals surface area (Å²) >= 11 is 0. The van der Waals surface area contributed by atoms with Crippen LogP contribution in [0, 0.1) is 5.92 Å². The Morgan fingerprint density at radius 1 is 1.44 bits per heavy atom. The van der Waals surface area contributed by atoms with E-state index in [1.807, 2.05) is 0 Å². The lowest BCUT2D eigenvalue weighted by molar-refractivity contribution is -0.145. The first-order valence-corrected chi connectivity index (χ1v) is 9.97. The highest BCUT2D eigenvalue weighted by Gasteiger charge is 2.41. The molecule has 0 aromatic rings. The summed E-state index contributed by atoms with van der Waals surface area (Å²) in [4.78, 5) is 11.2. The van der Waals surface area contributed by atoms with E-state index < -0.39 is 19.6 Å². The van der Waals surface area contributed by atoms with Crippen LogP contribution in [-0.2, 0) is 4.79 Å². The van der Waals surface area contributed by atoms with Crippen LogP contribution in [0.4, 0.5) is 0 Å². The van der Waals surface area contributed by atoms with Crippen molar-refractivity contribution in [1.29, 1.82) is 0 Å². The third-order valence-corrected chi connectivity index (χ3v) is 5.47. The van der Waals surface area contributed by atoms with Crippen molar-refractivity contribution >= 4 is 14.0 Å². The zero-order chi connectivity index (χ0) is 12.4. The lowest BCUT2D eigenvalue weighted by Crippen LogP contribution is -2.53. The summed E-state index contributed by atoms with van der Waals surface area (Å²) < 4.78 is 0. The maximum atomic E-state index is 11.2. The monoisotopic (exact) mass is 243 g/mol. The normalized spacial score (nSPS) is 31.4. The van der Waals surface area contributed by atoms with Crippen LogP contribution >= 0.6 is 0 Å². The number of carboxylic acid groups (broad SMARTS) is 1. The fraction of sp³-hybridized carbons (Fsp3) is 0.917. The molecule has 2 unspecified atom stereocenters. The Kier molecular flexibility index (Phi) is 4.18. The summed E-state index contributed by atoms with van der Waals surface area (Å²) in [7, 11) is -1.13. The fourth-order valence-electron chi connectivity index (χ4n) is 2.54. The summed E-state index contributed by atoms with van der Waals surface area (Å²) in [5.74, 6) is -1.02. The Labute approximate surface area is 99.4 Å². The van der Waals surface area contributed by atoms with Crippen LogP contribution in [0.25, 0.3) is 0 Å². The summed E-state index contributed by atoms with van der Waals surface area (Å²) in [5, 5.41) is 9.23. The predicted molar refractivity (Wildman–Crippen MR) is 69.3 cm³/mol. The SMILES string of the molecule is C[Si](C)(C)CCC1(N)CCCCC1C(=O)O. The molecular weight excluding hydrogens is 218 g/mol. The summed E-state index contributed by atoms with van der Waals surface area (Å²) in [6.07, 6.45) is 4.64. The van der Waals surface area contributed by atoms with E-state index in [4.69, 9.17) is 5.73 Å². The molecule has 3 N–H and O–H groups in total. The van der Waals surface area contributed by atoms with E-state index in [-0.39, 0.29) is 5.92 Å². The summed E-state index contributed by atoms with van der Waals surface area (Å²) in [6.45, 7) is 6.94. The predicted octanol–water partition coefficient (Wildman–Crippen LogP) is 2.69. The van der Waals surface area contributed by atoms with E-state index in [1.54, 1.807) is 0 Å². The molecule has 0 aromatic carbocycles. The van der Waals surface area contributed by atoms with E-state index in [0.29, 0.717) is 0 Å². The van der Waals surface area contributed by atoms with Crippen molar-refractivity contribution in [2.24, 2.45) is 11.7 Å². The second-order valence-electron chi connectivity index (χ2n) is 6.43. The van der Waals surface area contributed by atoms with Gasteiger partial charge in [-0.05, 0) is 19.3 Å². The van der Waals surface area contributed by atoms with Gasteiger partial charge in [-0.1, -0.05) is 38.5 Å². The lowest BCUT2D eigenvalue weighted by atomic mass is 9.72. The Hall–Kier alpha value is -0.353. The molecule has 2 atom stereocenters. The van der Waals surface area contributed by atoms with Crippen molar-refractivity contribution in [2.45, 2.75) is 63.3 Å². The molecule has 1 aliphatic carbocycles. The van der Waals surface area contributed by atoms with Crippen LogP contribution in [-0.4, -0.2) is 24.7 Å². The maximum Gasteiger partial charge on any atom is 0.308 e. The van der Waals surface area contributed by atoms with Gasteiger partial charge in [0.1, 0.15) is 0 Å². The molecule has 0 heterocycles. The Morgan fingerprint density at radius 3 is 2.56 bits per heavy atom. The minimum atomic E-state index is -1.13. The van der Waals surface area contributed by atoms with E-state index in [9.17, 15) is 9.90 Å². The molecule has 0 saturated heterocycles. The molecule has 94 valence electrons. The third-order valence-electron chi connectivity index (χ3n) is 3.72. The van der Waals surface area contributed by atoms with Gasteiger partial charge in [0.05, 0.1) is 5.92 Å². The van der Waals surface area contributed by atoms with Crippen LogP contribution in [0.3, 0.4) is 0 Å². The molecule has 0 bridgehead atoms. The fourth-order valence-corrected chi connectivity index (χ4v) is 3.76. The van der Waals surface area contributed by atoms with Gasteiger partial charge in [0.15, 0.2) is 0 Å². The van der Waals surface area contributed by atoms with Crippen molar-refractivity contribution in [1.82, 2.24) is 0 Å². The van der Waals surface area contributed by atoms with Crippen molar-refractivity contribution in [2.75, 3.05) is 0 Å². The number of hydrogen-bond acceptors (Lipinski definition) is 2. The van der Waals surface area contributed by atoms with Gasteiger partial charge in [0, 0.05) is 13.6 Å². The van der Waals surface area contributed by atoms with Gasteiger partial charge in [-0.15, -0.1) is 0 Å². The number of carbonyl (C=O) groups is 1. The van der Waals surface area contributed by atoms with Gasteiger partial charge in [0.2, 0.25) is 0 Å². The van der Waals surface area contributed by atoms with Crippen molar-refractivity contribution in [3.05, 3.63) is 0 Å².